The largest absolute Gasteiger partial charge is 0.497 e. The van der Waals surface area contributed by atoms with E-state index in [4.69, 9.17) is 4.74 Å². The van der Waals surface area contributed by atoms with Crippen molar-refractivity contribution in [1.82, 2.24) is 20.0 Å². The number of amides is 3. The van der Waals surface area contributed by atoms with Gasteiger partial charge in [0, 0.05) is 25.2 Å². The molecule has 8 nitrogen and oxygen atoms in total. The second-order valence-electron chi connectivity index (χ2n) is 5.41. The van der Waals surface area contributed by atoms with E-state index in [1.807, 2.05) is 0 Å². The molecule has 2 N–H and O–H groups in total. The molecule has 1 aromatic heterocycles. The van der Waals surface area contributed by atoms with Crippen molar-refractivity contribution >= 4 is 17.8 Å². The lowest BCUT2D eigenvalue weighted by Gasteiger charge is -2.27. The fraction of sp³-hybridized carbons (Fsp3) is 0.312. The predicted octanol–water partition coefficient (Wildman–Crippen LogP) is 1.30. The zero-order valence-electron chi connectivity index (χ0n) is 13.6. The van der Waals surface area contributed by atoms with Crippen molar-refractivity contribution in [3.8, 4) is 5.75 Å². The first-order chi connectivity index (χ1) is 11.6. The molecule has 0 aliphatic carbocycles. The van der Waals surface area contributed by atoms with E-state index in [1.54, 1.807) is 54.1 Å². The summed E-state index contributed by atoms with van der Waals surface area (Å²) in [7, 11) is 3.11. The Labute approximate surface area is 139 Å². The smallest absolute Gasteiger partial charge is 0.320 e. The number of methoxy groups -OCH3 is 1. The van der Waals surface area contributed by atoms with Gasteiger partial charge in [-0.15, -0.1) is 0 Å². The summed E-state index contributed by atoms with van der Waals surface area (Å²) in [5.74, 6) is 1.07. The fourth-order valence-corrected chi connectivity index (χ4v) is 2.62. The second-order valence-corrected chi connectivity index (χ2v) is 5.41. The van der Waals surface area contributed by atoms with Crippen LogP contribution in [-0.2, 0) is 13.1 Å². The minimum atomic E-state index is -0.324. The molecule has 0 spiro atoms. The highest BCUT2D eigenvalue weighted by Crippen LogP contribution is 2.20. The van der Waals surface area contributed by atoms with Crippen LogP contribution < -0.4 is 15.4 Å². The SMILES string of the molecule is CNC(=O)Nc1cc2n(n1)CCN(C(=O)c1cccc(OC)c1)C2. The number of nitrogens with one attached hydrogen (secondary N) is 2. The maximum Gasteiger partial charge on any atom is 0.320 e. The number of benzene rings is 1. The molecule has 2 aromatic rings. The zero-order chi connectivity index (χ0) is 17.1. The van der Waals surface area contributed by atoms with Gasteiger partial charge in [0.2, 0.25) is 0 Å². The van der Waals surface area contributed by atoms with Gasteiger partial charge in [-0.1, -0.05) is 6.07 Å². The van der Waals surface area contributed by atoms with Crippen molar-refractivity contribution in [3.05, 3.63) is 41.6 Å². The third-order valence-corrected chi connectivity index (χ3v) is 3.87. The van der Waals surface area contributed by atoms with E-state index < -0.39 is 0 Å². The van der Waals surface area contributed by atoms with E-state index in [9.17, 15) is 9.59 Å². The average molecular weight is 329 g/mol. The van der Waals surface area contributed by atoms with Crippen LogP contribution in [0, 0.1) is 0 Å². The van der Waals surface area contributed by atoms with E-state index in [2.05, 4.69) is 15.7 Å². The fourth-order valence-electron chi connectivity index (χ4n) is 2.62. The number of carbonyl (C=O) groups excluding carboxylic acids is 2. The topological polar surface area (TPSA) is 88.5 Å². The van der Waals surface area contributed by atoms with Crippen LogP contribution in [0.3, 0.4) is 0 Å². The predicted molar refractivity (Wildman–Crippen MR) is 88.0 cm³/mol. The van der Waals surface area contributed by atoms with Gasteiger partial charge in [-0.25, -0.2) is 4.79 Å². The van der Waals surface area contributed by atoms with Gasteiger partial charge < -0.3 is 15.0 Å². The number of rotatable bonds is 3. The molecular weight excluding hydrogens is 310 g/mol. The highest BCUT2D eigenvalue weighted by molar-refractivity contribution is 5.94. The lowest BCUT2D eigenvalue weighted by atomic mass is 10.1. The van der Waals surface area contributed by atoms with E-state index in [0.717, 1.165) is 5.69 Å². The highest BCUT2D eigenvalue weighted by Gasteiger charge is 2.23. The Bertz CT molecular complexity index is 771. The summed E-state index contributed by atoms with van der Waals surface area (Å²) in [5.41, 5.74) is 1.47. The third-order valence-electron chi connectivity index (χ3n) is 3.87. The number of carbonyl (C=O) groups is 2. The summed E-state index contributed by atoms with van der Waals surface area (Å²) >= 11 is 0. The summed E-state index contributed by atoms with van der Waals surface area (Å²) < 4.78 is 6.97. The molecule has 0 saturated heterocycles. The average Bonchev–Trinajstić information content (AvgIpc) is 3.02. The van der Waals surface area contributed by atoms with Gasteiger partial charge in [0.05, 0.1) is 25.9 Å². The molecule has 8 heteroatoms. The molecule has 0 bridgehead atoms. The maximum absolute atomic E-state index is 12.7. The summed E-state index contributed by atoms with van der Waals surface area (Å²) in [5, 5.41) is 9.43. The number of anilines is 1. The van der Waals surface area contributed by atoms with E-state index >= 15 is 0 Å². The molecule has 0 radical (unpaired) electrons. The Morgan fingerprint density at radius 3 is 2.83 bits per heavy atom. The molecule has 3 rings (SSSR count). The lowest BCUT2D eigenvalue weighted by Crippen LogP contribution is -2.38. The van der Waals surface area contributed by atoms with Crippen LogP contribution in [0.15, 0.2) is 30.3 Å². The summed E-state index contributed by atoms with van der Waals surface area (Å²) in [4.78, 5) is 25.8. The Kier molecular flexibility index (Phi) is 4.37. The quantitative estimate of drug-likeness (QED) is 0.888. The summed E-state index contributed by atoms with van der Waals surface area (Å²) in [6.07, 6.45) is 0. The van der Waals surface area contributed by atoms with Gasteiger partial charge in [0.15, 0.2) is 5.82 Å². The molecule has 2 heterocycles. The first-order valence-electron chi connectivity index (χ1n) is 7.59. The highest BCUT2D eigenvalue weighted by atomic mass is 16.5. The summed E-state index contributed by atoms with van der Waals surface area (Å²) in [6, 6.07) is 8.56. The van der Waals surface area contributed by atoms with Gasteiger partial charge in [0.1, 0.15) is 5.75 Å². The molecule has 1 aromatic carbocycles. The monoisotopic (exact) mass is 329 g/mol. The van der Waals surface area contributed by atoms with Crippen molar-refractivity contribution in [2.24, 2.45) is 0 Å². The lowest BCUT2D eigenvalue weighted by molar-refractivity contribution is 0.0706. The van der Waals surface area contributed by atoms with E-state index in [1.165, 1.54) is 0 Å². The van der Waals surface area contributed by atoms with E-state index in [-0.39, 0.29) is 11.9 Å². The minimum Gasteiger partial charge on any atom is -0.497 e. The van der Waals surface area contributed by atoms with Gasteiger partial charge in [-0.2, -0.15) is 5.10 Å². The van der Waals surface area contributed by atoms with Crippen LogP contribution >= 0.6 is 0 Å². The number of fused-ring (bicyclic) bond motifs is 1. The second kappa shape index (κ2) is 6.61. The van der Waals surface area contributed by atoms with Gasteiger partial charge >= 0.3 is 6.03 Å². The molecule has 0 saturated carbocycles. The number of urea groups is 1. The number of ether oxygens (including phenoxy) is 1. The zero-order valence-corrected chi connectivity index (χ0v) is 13.6. The van der Waals surface area contributed by atoms with Crippen LogP contribution in [0.2, 0.25) is 0 Å². The van der Waals surface area contributed by atoms with Crippen molar-refractivity contribution in [3.63, 3.8) is 0 Å². The molecule has 126 valence electrons. The molecule has 1 aliphatic rings. The van der Waals surface area contributed by atoms with Crippen LogP contribution in [-0.4, -0.2) is 47.3 Å². The molecule has 0 fully saturated rings. The Hall–Kier alpha value is -3.03. The normalized spacial score (nSPS) is 13.2. The summed E-state index contributed by atoms with van der Waals surface area (Å²) in [6.45, 7) is 1.59. The molecule has 24 heavy (non-hydrogen) atoms. The first kappa shape index (κ1) is 15.9. The van der Waals surface area contributed by atoms with Crippen LogP contribution in [0.4, 0.5) is 10.6 Å². The molecular formula is C16H19N5O3. The van der Waals surface area contributed by atoms with Crippen LogP contribution in [0.5, 0.6) is 5.75 Å². The Balaban J connectivity index is 1.74. The Morgan fingerprint density at radius 2 is 2.08 bits per heavy atom. The Morgan fingerprint density at radius 1 is 1.25 bits per heavy atom. The number of hydrogen-bond acceptors (Lipinski definition) is 4. The van der Waals surface area contributed by atoms with Crippen LogP contribution in [0.1, 0.15) is 16.1 Å². The molecule has 1 aliphatic heterocycles. The van der Waals surface area contributed by atoms with Gasteiger partial charge in [0.25, 0.3) is 5.91 Å². The number of hydrogen-bond donors (Lipinski definition) is 2. The van der Waals surface area contributed by atoms with Gasteiger partial charge in [-0.05, 0) is 18.2 Å². The molecule has 0 unspecified atom stereocenters. The molecule has 3 amide bonds. The number of nitrogens with zero attached hydrogens (tertiary/aromatic N) is 3. The van der Waals surface area contributed by atoms with E-state index in [0.29, 0.717) is 36.8 Å². The third kappa shape index (κ3) is 3.17. The standard InChI is InChI=1S/C16H19N5O3/c1-17-16(23)18-14-9-12-10-20(6-7-21(12)19-14)15(22)11-4-3-5-13(8-11)24-2/h3-5,8-9H,6-7,10H2,1-2H3,(H2,17,18,19,23). The van der Waals surface area contributed by atoms with Crippen molar-refractivity contribution in [2.45, 2.75) is 13.1 Å². The van der Waals surface area contributed by atoms with Crippen molar-refractivity contribution in [1.29, 1.82) is 0 Å². The van der Waals surface area contributed by atoms with Crippen molar-refractivity contribution < 1.29 is 14.3 Å². The number of aromatic nitrogens is 2. The van der Waals surface area contributed by atoms with Gasteiger partial charge in [-0.3, -0.25) is 14.8 Å². The maximum atomic E-state index is 12.7. The molecule has 0 atom stereocenters. The van der Waals surface area contributed by atoms with Crippen molar-refractivity contribution in [2.75, 3.05) is 26.0 Å². The first-order valence-corrected chi connectivity index (χ1v) is 7.59. The minimum absolute atomic E-state index is 0.0536. The van der Waals surface area contributed by atoms with Crippen LogP contribution in [0.25, 0.3) is 0 Å².